The van der Waals surface area contributed by atoms with Crippen LogP contribution in [-0.4, -0.2) is 66.3 Å². The third-order valence-corrected chi connectivity index (χ3v) is 6.65. The standard InChI is InChI=1S/C11H12N2O2.C9H8N2O2.C9H17NO2/c12-9(11(14)15)5-7-6-13-10-4-2-1-3-8(7)10;12-9(13)5-8-10-6-3-1-2-4-7(6)11-8;1-7(9(11)12)10-8-5-3-2-4-6-8/h1-4,6,9,13H,5,12H2,(H,14,15);1-4H,5H2,(H,10,11)(H,12,13);7-8,10H,2-6H2,1H3,(H,11,12)/t9-;;7-/m0.0/s1. The number of nitrogens with two attached hydrogens (primary N) is 1. The summed E-state index contributed by atoms with van der Waals surface area (Å²) in [5, 5.41) is 30.1. The van der Waals surface area contributed by atoms with Crippen LogP contribution in [0.3, 0.4) is 0 Å². The van der Waals surface area contributed by atoms with Gasteiger partial charge >= 0.3 is 17.9 Å². The Morgan fingerprint density at radius 3 is 2.25 bits per heavy atom. The average molecular weight is 552 g/mol. The number of imidazole rings is 1. The molecule has 0 radical (unpaired) electrons. The van der Waals surface area contributed by atoms with Crippen molar-refractivity contribution in [3.05, 3.63) is 66.1 Å². The topological polar surface area (TPSA) is 194 Å². The number of carboxylic acids is 3. The summed E-state index contributed by atoms with van der Waals surface area (Å²) in [5.74, 6) is -2.10. The molecule has 0 amide bonds. The van der Waals surface area contributed by atoms with Gasteiger partial charge in [-0.3, -0.25) is 14.4 Å². The van der Waals surface area contributed by atoms with E-state index in [1.807, 2.05) is 54.7 Å². The number of rotatable bonds is 8. The van der Waals surface area contributed by atoms with Crippen molar-refractivity contribution in [1.82, 2.24) is 20.3 Å². The van der Waals surface area contributed by atoms with Crippen molar-refractivity contribution in [2.45, 2.75) is 70.0 Å². The average Bonchev–Trinajstić information content (AvgIpc) is 3.53. The molecular weight excluding hydrogens is 514 g/mol. The maximum absolute atomic E-state index is 10.6. The largest absolute Gasteiger partial charge is 0.481 e. The number of aromatic amines is 2. The number of carbonyl (C=O) groups is 3. The third kappa shape index (κ3) is 9.21. The molecule has 8 N–H and O–H groups in total. The predicted octanol–water partition coefficient (Wildman–Crippen LogP) is 3.69. The van der Waals surface area contributed by atoms with Crippen LogP contribution in [0.1, 0.15) is 50.4 Å². The van der Waals surface area contributed by atoms with Crippen molar-refractivity contribution in [3.63, 3.8) is 0 Å². The fourth-order valence-corrected chi connectivity index (χ4v) is 4.55. The van der Waals surface area contributed by atoms with Gasteiger partial charge in [-0.1, -0.05) is 49.6 Å². The first-order valence-corrected chi connectivity index (χ1v) is 13.3. The maximum atomic E-state index is 10.6. The molecule has 1 saturated carbocycles. The molecule has 2 heterocycles. The molecule has 11 nitrogen and oxygen atoms in total. The second kappa shape index (κ2) is 14.8. The number of H-pyrrole nitrogens is 2. The fourth-order valence-electron chi connectivity index (χ4n) is 4.55. The Balaban J connectivity index is 0.000000167. The number of carboxylic acid groups (broad SMARTS) is 3. The summed E-state index contributed by atoms with van der Waals surface area (Å²) in [6, 6.07) is 14.4. The zero-order valence-corrected chi connectivity index (χ0v) is 22.5. The number of aliphatic carboxylic acids is 3. The first-order valence-electron chi connectivity index (χ1n) is 13.3. The van der Waals surface area contributed by atoms with Crippen molar-refractivity contribution in [2.75, 3.05) is 0 Å². The van der Waals surface area contributed by atoms with E-state index in [2.05, 4.69) is 20.3 Å². The van der Waals surface area contributed by atoms with Crippen molar-refractivity contribution in [2.24, 2.45) is 5.73 Å². The van der Waals surface area contributed by atoms with E-state index < -0.39 is 30.0 Å². The van der Waals surface area contributed by atoms with Crippen molar-refractivity contribution in [3.8, 4) is 0 Å². The van der Waals surface area contributed by atoms with Crippen LogP contribution in [0.5, 0.6) is 0 Å². The Morgan fingerprint density at radius 2 is 1.62 bits per heavy atom. The zero-order valence-electron chi connectivity index (χ0n) is 22.5. The van der Waals surface area contributed by atoms with Crippen LogP contribution in [0.15, 0.2) is 54.7 Å². The Hall–Kier alpha value is -4.22. The highest BCUT2D eigenvalue weighted by Crippen LogP contribution is 2.19. The van der Waals surface area contributed by atoms with Gasteiger partial charge < -0.3 is 36.3 Å². The Bertz CT molecular complexity index is 1380. The molecule has 0 spiro atoms. The second-order valence-electron chi connectivity index (χ2n) is 9.84. The zero-order chi connectivity index (χ0) is 29.1. The smallest absolute Gasteiger partial charge is 0.320 e. The number of nitrogens with zero attached hydrogens (tertiary/aromatic N) is 1. The fraction of sp³-hybridized carbons (Fsp3) is 0.379. The van der Waals surface area contributed by atoms with Crippen LogP contribution < -0.4 is 11.1 Å². The van der Waals surface area contributed by atoms with Crippen molar-refractivity contribution >= 4 is 39.8 Å². The third-order valence-electron chi connectivity index (χ3n) is 6.65. The first kappa shape index (κ1) is 30.3. The van der Waals surface area contributed by atoms with E-state index in [4.69, 9.17) is 21.1 Å². The summed E-state index contributed by atoms with van der Waals surface area (Å²) in [6.07, 6.45) is 8.16. The number of para-hydroxylation sites is 3. The molecule has 1 aliphatic carbocycles. The summed E-state index contributed by atoms with van der Waals surface area (Å²) in [7, 11) is 0. The van der Waals surface area contributed by atoms with Crippen molar-refractivity contribution in [1.29, 1.82) is 0 Å². The number of nitrogens with one attached hydrogen (secondary N) is 3. The van der Waals surface area contributed by atoms with Crippen molar-refractivity contribution < 1.29 is 29.7 Å². The van der Waals surface area contributed by atoms with E-state index in [0.29, 0.717) is 18.3 Å². The Labute approximate surface area is 231 Å². The highest BCUT2D eigenvalue weighted by molar-refractivity contribution is 5.84. The monoisotopic (exact) mass is 551 g/mol. The molecule has 2 atom stereocenters. The highest BCUT2D eigenvalue weighted by Gasteiger charge is 2.18. The van der Waals surface area contributed by atoms with Gasteiger partial charge in [-0.05, 0) is 43.5 Å². The predicted molar refractivity (Wildman–Crippen MR) is 152 cm³/mol. The number of hydrogen-bond donors (Lipinski definition) is 7. The number of fused-ring (bicyclic) bond motifs is 2. The van der Waals surface area contributed by atoms with Gasteiger partial charge in [0.1, 0.15) is 24.3 Å². The van der Waals surface area contributed by atoms with E-state index in [1.165, 1.54) is 19.3 Å². The normalized spacial score (nSPS) is 14.8. The molecule has 1 fully saturated rings. The summed E-state index contributed by atoms with van der Waals surface area (Å²) >= 11 is 0. The van der Waals surface area contributed by atoms with Crippen LogP contribution in [0.25, 0.3) is 21.9 Å². The molecule has 11 heteroatoms. The van der Waals surface area contributed by atoms with Gasteiger partial charge in [-0.25, -0.2) is 4.98 Å². The lowest BCUT2D eigenvalue weighted by Gasteiger charge is -2.24. The molecule has 214 valence electrons. The SMILES string of the molecule is C[C@H](NC1CCCCC1)C(=O)O.N[C@@H](Cc1c[nH]c2ccccc12)C(=O)O.O=C(O)Cc1nc2ccccc2[nH]1. The quantitative estimate of drug-likeness (QED) is 0.171. The molecular formula is C29H37N5O6. The molecule has 2 aromatic heterocycles. The van der Waals surface area contributed by atoms with Gasteiger partial charge in [0.2, 0.25) is 0 Å². The summed E-state index contributed by atoms with van der Waals surface area (Å²) < 4.78 is 0. The molecule has 5 rings (SSSR count). The van der Waals surface area contributed by atoms with Gasteiger partial charge in [0.25, 0.3) is 0 Å². The lowest BCUT2D eigenvalue weighted by molar-refractivity contribution is -0.139. The van der Waals surface area contributed by atoms with Crippen LogP contribution in [0.2, 0.25) is 0 Å². The minimum absolute atomic E-state index is 0.0608. The molecule has 1 aliphatic rings. The molecule has 0 bridgehead atoms. The first-order chi connectivity index (χ1) is 19.1. The summed E-state index contributed by atoms with van der Waals surface area (Å²) in [4.78, 5) is 41.7. The molecule has 2 aromatic carbocycles. The number of hydrogen-bond acceptors (Lipinski definition) is 6. The number of aromatic nitrogens is 3. The second-order valence-corrected chi connectivity index (χ2v) is 9.84. The van der Waals surface area contributed by atoms with Crippen LogP contribution >= 0.6 is 0 Å². The lowest BCUT2D eigenvalue weighted by Crippen LogP contribution is -2.42. The molecule has 0 aliphatic heterocycles. The van der Waals surface area contributed by atoms with Crippen LogP contribution in [0, 0.1) is 0 Å². The van der Waals surface area contributed by atoms with Crippen LogP contribution in [-0.2, 0) is 27.2 Å². The maximum Gasteiger partial charge on any atom is 0.320 e. The van der Waals surface area contributed by atoms with E-state index in [1.54, 1.807) is 6.92 Å². The minimum Gasteiger partial charge on any atom is -0.481 e. The van der Waals surface area contributed by atoms with Gasteiger partial charge in [0.05, 0.1) is 11.0 Å². The van der Waals surface area contributed by atoms with Crippen LogP contribution in [0.4, 0.5) is 0 Å². The van der Waals surface area contributed by atoms with Gasteiger partial charge in [-0.2, -0.15) is 0 Å². The van der Waals surface area contributed by atoms with E-state index in [-0.39, 0.29) is 6.42 Å². The van der Waals surface area contributed by atoms with E-state index in [9.17, 15) is 14.4 Å². The summed E-state index contributed by atoms with van der Waals surface area (Å²) in [5.41, 5.74) is 9.11. The molecule has 0 unspecified atom stereocenters. The van der Waals surface area contributed by atoms with Gasteiger partial charge in [-0.15, -0.1) is 0 Å². The van der Waals surface area contributed by atoms with E-state index in [0.717, 1.165) is 40.3 Å². The number of benzene rings is 2. The Morgan fingerprint density at radius 1 is 0.975 bits per heavy atom. The van der Waals surface area contributed by atoms with E-state index >= 15 is 0 Å². The lowest BCUT2D eigenvalue weighted by atomic mass is 9.95. The molecule has 0 saturated heterocycles. The Kier molecular flexibility index (Phi) is 11.2. The summed E-state index contributed by atoms with van der Waals surface area (Å²) in [6.45, 7) is 1.71. The molecule has 4 aromatic rings. The minimum atomic E-state index is -0.972. The molecule has 40 heavy (non-hydrogen) atoms. The van der Waals surface area contributed by atoms with Gasteiger partial charge in [0, 0.05) is 29.6 Å². The van der Waals surface area contributed by atoms with Gasteiger partial charge in [0.15, 0.2) is 0 Å². The highest BCUT2D eigenvalue weighted by atomic mass is 16.4.